The second-order valence-corrected chi connectivity index (χ2v) is 11.7. The van der Waals surface area contributed by atoms with Gasteiger partial charge in [0.25, 0.3) is 0 Å². The zero-order chi connectivity index (χ0) is 11.5. The molecule has 1 rings (SSSR count). The molecule has 0 bridgehead atoms. The Morgan fingerprint density at radius 2 is 1.87 bits per heavy atom. The Hall–Kier alpha value is -0.0931. The third kappa shape index (κ3) is 4.11. The van der Waals surface area contributed by atoms with Gasteiger partial charge in [-0.15, -0.1) is 0 Å². The molecule has 0 saturated heterocycles. The van der Waals surface area contributed by atoms with Crippen molar-refractivity contribution in [2.24, 2.45) is 0 Å². The Balaban J connectivity index is 3.07. The van der Waals surface area contributed by atoms with Crippen molar-refractivity contribution < 1.29 is 0 Å². The Kier molecular flexibility index (Phi) is 4.58. The van der Waals surface area contributed by atoms with E-state index >= 15 is 0 Å². The van der Waals surface area contributed by atoms with Gasteiger partial charge in [-0.05, 0) is 46.7 Å². The van der Waals surface area contributed by atoms with Crippen LogP contribution in [0.2, 0.25) is 19.6 Å². The highest BCUT2D eigenvalue weighted by molar-refractivity contribution is 14.1. The van der Waals surface area contributed by atoms with Gasteiger partial charge in [-0.3, -0.25) is 0 Å². The summed E-state index contributed by atoms with van der Waals surface area (Å²) in [5, 5.41) is 0. The van der Waals surface area contributed by atoms with Crippen LogP contribution in [-0.4, -0.2) is 8.07 Å². The molecule has 0 aromatic heterocycles. The van der Waals surface area contributed by atoms with Crippen LogP contribution in [-0.2, 0) is 6.04 Å². The summed E-state index contributed by atoms with van der Waals surface area (Å²) >= 11 is 2.43. The van der Waals surface area contributed by atoms with Gasteiger partial charge < -0.3 is 0 Å². The van der Waals surface area contributed by atoms with Crippen molar-refractivity contribution in [3.8, 4) is 0 Å². The zero-order valence-electron chi connectivity index (χ0n) is 9.97. The van der Waals surface area contributed by atoms with Gasteiger partial charge in [-0.2, -0.15) is 0 Å². The van der Waals surface area contributed by atoms with Gasteiger partial charge in [0.15, 0.2) is 0 Å². The van der Waals surface area contributed by atoms with E-state index in [1.54, 1.807) is 0 Å². The van der Waals surface area contributed by atoms with Gasteiger partial charge in [0, 0.05) is 11.7 Å². The molecule has 0 fully saturated rings. The molecule has 0 N–H and O–H groups in total. The van der Waals surface area contributed by atoms with Crippen molar-refractivity contribution >= 4 is 34.2 Å². The minimum Gasteiger partial charge on any atom is -0.0736 e. The lowest BCUT2D eigenvalue weighted by Gasteiger charge is -2.18. The van der Waals surface area contributed by atoms with E-state index in [2.05, 4.69) is 79.5 Å². The highest BCUT2D eigenvalue weighted by Gasteiger charge is 2.16. The molecular weight excluding hydrogens is 311 g/mol. The van der Waals surface area contributed by atoms with E-state index < -0.39 is 8.07 Å². The maximum absolute atomic E-state index is 2.43. The maximum Gasteiger partial charge on any atom is 0.0487 e. The number of hydrogen-bond donors (Lipinski definition) is 0. The van der Waals surface area contributed by atoms with Crippen molar-refractivity contribution in [2.75, 3.05) is 0 Å². The number of halogens is 1. The van der Waals surface area contributed by atoms with Gasteiger partial charge >= 0.3 is 0 Å². The normalized spacial score (nSPS) is 13.0. The van der Waals surface area contributed by atoms with Gasteiger partial charge in [-0.1, -0.05) is 50.0 Å². The molecule has 2 heteroatoms. The van der Waals surface area contributed by atoms with E-state index in [-0.39, 0.29) is 0 Å². The average molecular weight is 330 g/mol. The molecule has 0 radical (unpaired) electrons. The average Bonchev–Trinajstić information content (AvgIpc) is 2.15. The molecule has 0 aliphatic heterocycles. The first kappa shape index (κ1) is 13.0. The van der Waals surface area contributed by atoms with Gasteiger partial charge in [-0.25, -0.2) is 0 Å². The van der Waals surface area contributed by atoms with Crippen LogP contribution in [0.15, 0.2) is 30.3 Å². The third-order valence-corrected chi connectivity index (χ3v) is 4.89. The summed E-state index contributed by atoms with van der Waals surface area (Å²) in [4.78, 5) is 0. The fraction of sp³-hybridized carbons (Fsp3) is 0.385. The second kappa shape index (κ2) is 5.30. The molecule has 0 unspecified atom stereocenters. The highest BCUT2D eigenvalue weighted by Crippen LogP contribution is 2.27. The van der Waals surface area contributed by atoms with Gasteiger partial charge in [0.1, 0.15) is 0 Å². The molecular formula is C13H19ISi. The van der Waals surface area contributed by atoms with Crippen LogP contribution in [0, 0.1) is 0 Å². The molecule has 82 valence electrons. The lowest BCUT2D eigenvalue weighted by atomic mass is 10.1. The van der Waals surface area contributed by atoms with E-state index in [1.807, 2.05) is 0 Å². The summed E-state index contributed by atoms with van der Waals surface area (Å²) in [5.74, 6) is 0. The van der Waals surface area contributed by atoms with E-state index in [0.717, 1.165) is 0 Å². The first-order valence-corrected chi connectivity index (χ1v) is 10.1. The predicted octanol–water partition coefficient (Wildman–Crippen LogP) is 4.90. The van der Waals surface area contributed by atoms with Crippen LogP contribution in [0.5, 0.6) is 0 Å². The number of allylic oxidation sites excluding steroid dienone is 1. The van der Waals surface area contributed by atoms with Crippen LogP contribution in [0.25, 0.3) is 3.58 Å². The smallest absolute Gasteiger partial charge is 0.0487 e. The van der Waals surface area contributed by atoms with E-state index in [9.17, 15) is 0 Å². The van der Waals surface area contributed by atoms with Crippen molar-refractivity contribution in [1.29, 1.82) is 0 Å². The lowest BCUT2D eigenvalue weighted by molar-refractivity contribution is 1.29. The van der Waals surface area contributed by atoms with Crippen molar-refractivity contribution in [3.05, 3.63) is 41.5 Å². The van der Waals surface area contributed by atoms with Crippen molar-refractivity contribution in [2.45, 2.75) is 32.6 Å². The minimum absolute atomic E-state index is 1.02. The van der Waals surface area contributed by atoms with Gasteiger partial charge in [0.05, 0.1) is 0 Å². The molecule has 0 aliphatic carbocycles. The molecule has 15 heavy (non-hydrogen) atoms. The summed E-state index contributed by atoms with van der Waals surface area (Å²) in [7, 11) is -1.02. The van der Waals surface area contributed by atoms with Crippen LogP contribution < -0.4 is 0 Å². The van der Waals surface area contributed by atoms with Crippen molar-refractivity contribution in [1.82, 2.24) is 0 Å². The first-order chi connectivity index (χ1) is 6.94. The Labute approximate surface area is 108 Å². The monoisotopic (exact) mass is 330 g/mol. The third-order valence-electron chi connectivity index (χ3n) is 2.25. The molecule has 0 aliphatic rings. The highest BCUT2D eigenvalue weighted by atomic mass is 127. The van der Waals surface area contributed by atoms with Crippen LogP contribution in [0.3, 0.4) is 0 Å². The molecule has 0 heterocycles. The van der Waals surface area contributed by atoms with Gasteiger partial charge in [0.2, 0.25) is 0 Å². The molecule has 0 saturated carbocycles. The summed E-state index contributed by atoms with van der Waals surface area (Å²) in [6, 6.07) is 10.1. The summed E-state index contributed by atoms with van der Waals surface area (Å²) < 4.78 is 1.36. The fourth-order valence-electron chi connectivity index (χ4n) is 1.63. The second-order valence-electron chi connectivity index (χ2n) is 5.03. The Morgan fingerprint density at radius 1 is 1.27 bits per heavy atom. The quantitative estimate of drug-likeness (QED) is 0.546. The summed E-state index contributed by atoms with van der Waals surface area (Å²) in [6.07, 6.45) is 2.18. The topological polar surface area (TPSA) is 0 Å². The molecule has 0 atom stereocenters. The molecule has 1 aromatic rings. The largest absolute Gasteiger partial charge is 0.0736 e. The standard InChI is InChI=1S/C13H19ISi/c1-5-13(14)12-9-7-6-8-11(12)10-15(2,3)4/h5-9H,10H2,1-4H3/b13-5-. The number of hydrogen-bond acceptors (Lipinski definition) is 0. The maximum atomic E-state index is 2.43. The lowest BCUT2D eigenvalue weighted by Crippen LogP contribution is -2.24. The summed E-state index contributed by atoms with van der Waals surface area (Å²) in [6.45, 7) is 9.37. The number of benzene rings is 1. The molecule has 0 amide bonds. The Bertz CT molecular complexity index is 361. The Morgan fingerprint density at radius 3 is 2.40 bits per heavy atom. The van der Waals surface area contributed by atoms with Crippen LogP contribution in [0.1, 0.15) is 18.1 Å². The fourth-order valence-corrected chi connectivity index (χ4v) is 3.61. The van der Waals surface area contributed by atoms with E-state index in [0.29, 0.717) is 0 Å². The minimum atomic E-state index is -1.02. The molecule has 0 nitrogen and oxygen atoms in total. The zero-order valence-corrected chi connectivity index (χ0v) is 13.1. The number of rotatable bonds is 3. The molecule has 0 spiro atoms. The predicted molar refractivity (Wildman–Crippen MR) is 81.2 cm³/mol. The van der Waals surface area contributed by atoms with Crippen molar-refractivity contribution in [3.63, 3.8) is 0 Å². The first-order valence-electron chi connectivity index (χ1n) is 5.34. The van der Waals surface area contributed by atoms with Crippen LogP contribution in [0.4, 0.5) is 0 Å². The van der Waals surface area contributed by atoms with Crippen LogP contribution >= 0.6 is 22.6 Å². The SMILES string of the molecule is C/C=C(\I)c1ccccc1C[Si](C)(C)C. The van der Waals surface area contributed by atoms with E-state index in [4.69, 9.17) is 0 Å². The molecule has 1 aromatic carbocycles. The summed E-state index contributed by atoms with van der Waals surface area (Å²) in [5.41, 5.74) is 2.93. The van der Waals surface area contributed by atoms with E-state index in [1.165, 1.54) is 20.8 Å².